The number of primary amides is 1. The maximum atomic E-state index is 12.1. The van der Waals surface area contributed by atoms with E-state index in [2.05, 4.69) is 88.7 Å². The van der Waals surface area contributed by atoms with Crippen LogP contribution >= 0.6 is 11.6 Å². The van der Waals surface area contributed by atoms with Crippen molar-refractivity contribution in [3.05, 3.63) is 47.1 Å². The quantitative estimate of drug-likeness (QED) is 0.441. The highest BCUT2D eigenvalue weighted by molar-refractivity contribution is 6.32. The number of aromatic nitrogens is 2. The fourth-order valence-electron chi connectivity index (χ4n) is 6.19. The van der Waals surface area contributed by atoms with Crippen LogP contribution in [0, 0.1) is 17.8 Å². The molecule has 1 fully saturated rings. The molecule has 4 atom stereocenters. The Labute approximate surface area is 224 Å². The zero-order valence-electron chi connectivity index (χ0n) is 22.2. The Morgan fingerprint density at radius 2 is 2.05 bits per heavy atom. The molecule has 1 aromatic heterocycles. The smallest absolute Gasteiger partial charge is 0.229 e. The third-order valence-corrected chi connectivity index (χ3v) is 8.48. The number of rotatable bonds is 8. The number of nitrogens with two attached hydrogens (primary N) is 1. The van der Waals surface area contributed by atoms with Crippen LogP contribution in [-0.2, 0) is 10.2 Å². The monoisotopic (exact) mass is 523 g/mol. The Morgan fingerprint density at radius 1 is 1.27 bits per heavy atom. The predicted molar refractivity (Wildman–Crippen MR) is 151 cm³/mol. The number of anilines is 4. The summed E-state index contributed by atoms with van der Waals surface area (Å²) in [5.41, 5.74) is 9.41. The van der Waals surface area contributed by atoms with Gasteiger partial charge in [0.25, 0.3) is 0 Å². The largest absolute Gasteiger partial charge is 0.370 e. The number of fused-ring (bicyclic) bond motifs is 3. The summed E-state index contributed by atoms with van der Waals surface area (Å²) in [6, 6.07) is 6.44. The lowest BCUT2D eigenvalue weighted by Gasteiger charge is -2.30. The summed E-state index contributed by atoms with van der Waals surface area (Å²) in [5, 5.41) is 7.21. The molecule has 1 saturated carbocycles. The fourth-order valence-corrected chi connectivity index (χ4v) is 6.33. The van der Waals surface area contributed by atoms with E-state index in [9.17, 15) is 4.79 Å². The van der Waals surface area contributed by atoms with E-state index in [-0.39, 0.29) is 35.1 Å². The number of amides is 1. The molecular formula is C28H38ClN7O. The first-order valence-corrected chi connectivity index (χ1v) is 13.6. The fraction of sp³-hybridized carbons (Fsp3) is 0.536. The number of halogens is 1. The predicted octanol–water partition coefficient (Wildman–Crippen LogP) is 4.40. The van der Waals surface area contributed by atoms with Crippen LogP contribution < -0.4 is 21.3 Å². The highest BCUT2D eigenvalue weighted by atomic mass is 35.5. The van der Waals surface area contributed by atoms with Crippen LogP contribution in [-0.4, -0.2) is 60.5 Å². The average molecular weight is 524 g/mol. The maximum absolute atomic E-state index is 12.1. The Balaban J connectivity index is 1.39. The molecule has 2 aromatic rings. The lowest BCUT2D eigenvalue weighted by Crippen LogP contribution is -2.41. The zero-order chi connectivity index (χ0) is 26.3. The van der Waals surface area contributed by atoms with E-state index in [0.29, 0.717) is 16.8 Å². The van der Waals surface area contributed by atoms with Crippen molar-refractivity contribution in [2.75, 3.05) is 49.3 Å². The van der Waals surface area contributed by atoms with Crippen LogP contribution in [0.25, 0.3) is 0 Å². The van der Waals surface area contributed by atoms with Crippen molar-refractivity contribution in [3.63, 3.8) is 0 Å². The number of nitrogens with zero attached hydrogens (tertiary/aromatic N) is 4. The first kappa shape index (κ1) is 25.8. The molecular weight excluding hydrogens is 486 g/mol. The van der Waals surface area contributed by atoms with Gasteiger partial charge in [-0.2, -0.15) is 4.98 Å². The molecule has 5 rings (SSSR count). The van der Waals surface area contributed by atoms with Gasteiger partial charge in [-0.15, -0.1) is 0 Å². The van der Waals surface area contributed by atoms with Crippen molar-refractivity contribution in [2.45, 2.75) is 44.6 Å². The van der Waals surface area contributed by atoms with Crippen molar-refractivity contribution in [2.24, 2.45) is 23.5 Å². The summed E-state index contributed by atoms with van der Waals surface area (Å²) in [6.45, 7) is 7.68. The number of carbonyl (C=O) groups is 1. The van der Waals surface area contributed by atoms with E-state index in [1.54, 1.807) is 6.20 Å². The topological polar surface area (TPSA) is 99.4 Å². The number of hydrogen-bond donors (Lipinski definition) is 3. The second kappa shape index (κ2) is 10.1. The molecule has 9 heteroatoms. The first-order valence-electron chi connectivity index (χ1n) is 13.2. The molecule has 1 aliphatic heterocycles. The van der Waals surface area contributed by atoms with Gasteiger partial charge in [-0.25, -0.2) is 4.98 Å². The molecule has 4 N–H and O–H groups in total. The minimum absolute atomic E-state index is 0.112. The second-order valence-electron chi connectivity index (χ2n) is 11.6. The molecule has 0 unspecified atom stereocenters. The SMILES string of the molecule is CN(C)CCN1CCCC(C)(C)c2ccc(Nc3ncc(Cl)c(N[C@H]4[C@@H](C(N)=O)[C@@H]5C=C[C@H]4C5)n3)cc21. The Morgan fingerprint density at radius 3 is 2.81 bits per heavy atom. The summed E-state index contributed by atoms with van der Waals surface area (Å²) in [4.78, 5) is 26.0. The van der Waals surface area contributed by atoms with Gasteiger partial charge in [-0.3, -0.25) is 4.79 Å². The molecule has 0 radical (unpaired) electrons. The summed E-state index contributed by atoms with van der Waals surface area (Å²) in [6.07, 6.45) is 9.11. The minimum Gasteiger partial charge on any atom is -0.370 e. The van der Waals surface area contributed by atoms with E-state index >= 15 is 0 Å². The van der Waals surface area contributed by atoms with Gasteiger partial charge < -0.3 is 26.2 Å². The molecule has 8 nitrogen and oxygen atoms in total. The van der Waals surface area contributed by atoms with Gasteiger partial charge in [-0.1, -0.05) is 43.7 Å². The number of allylic oxidation sites excluding steroid dienone is 1. The standard InChI is InChI=1S/C28H38ClN7O/c1-28(2)10-5-11-36(13-12-35(3)4)22-15-19(8-9-20(22)28)32-27-31-16-21(29)26(34-27)33-24-18-7-6-17(14-18)23(24)25(30)37/h6-9,15-18,23-24H,5,10-14H2,1-4H3,(H2,30,37)(H2,31,32,33,34)/t17-,18+,23+,24-/m1/s1. The molecule has 0 spiro atoms. The highest BCUT2D eigenvalue weighted by Crippen LogP contribution is 2.45. The van der Waals surface area contributed by atoms with Crippen LogP contribution in [0.3, 0.4) is 0 Å². The van der Waals surface area contributed by atoms with Crippen molar-refractivity contribution in [3.8, 4) is 0 Å². The third-order valence-electron chi connectivity index (χ3n) is 8.21. The summed E-state index contributed by atoms with van der Waals surface area (Å²) in [5.74, 6) is 0.834. The summed E-state index contributed by atoms with van der Waals surface area (Å²) >= 11 is 6.47. The van der Waals surface area contributed by atoms with Crippen LogP contribution in [0.2, 0.25) is 5.02 Å². The van der Waals surface area contributed by atoms with Crippen molar-refractivity contribution in [1.82, 2.24) is 14.9 Å². The number of nitrogens with one attached hydrogen (secondary N) is 2. The second-order valence-corrected chi connectivity index (χ2v) is 12.0. The highest BCUT2D eigenvalue weighted by Gasteiger charge is 2.47. The third kappa shape index (κ3) is 5.27. The summed E-state index contributed by atoms with van der Waals surface area (Å²) < 4.78 is 0. The van der Waals surface area contributed by atoms with Gasteiger partial charge in [0.1, 0.15) is 5.02 Å². The number of benzene rings is 1. The van der Waals surface area contributed by atoms with E-state index in [1.165, 1.54) is 11.3 Å². The molecule has 37 heavy (non-hydrogen) atoms. The van der Waals surface area contributed by atoms with Crippen molar-refractivity contribution < 1.29 is 4.79 Å². The van der Waals surface area contributed by atoms with Gasteiger partial charge in [-0.05, 0) is 68.3 Å². The van der Waals surface area contributed by atoms with Gasteiger partial charge >= 0.3 is 0 Å². The Bertz CT molecular complexity index is 1200. The molecule has 2 heterocycles. The molecule has 1 amide bonds. The lowest BCUT2D eigenvalue weighted by atomic mass is 9.80. The minimum atomic E-state index is -0.287. The van der Waals surface area contributed by atoms with E-state index in [0.717, 1.165) is 44.6 Å². The Kier molecular flexibility index (Phi) is 7.07. The van der Waals surface area contributed by atoms with E-state index in [4.69, 9.17) is 17.3 Å². The van der Waals surface area contributed by atoms with E-state index < -0.39 is 0 Å². The van der Waals surface area contributed by atoms with Crippen molar-refractivity contribution in [1.29, 1.82) is 0 Å². The molecule has 3 aliphatic rings. The Hall–Kier alpha value is -2.84. The molecule has 0 saturated heterocycles. The maximum Gasteiger partial charge on any atom is 0.229 e. The first-order chi connectivity index (χ1) is 17.6. The molecule has 198 valence electrons. The van der Waals surface area contributed by atoms with E-state index in [1.807, 2.05) is 0 Å². The normalized spacial score (nSPS) is 25.7. The van der Waals surface area contributed by atoms with Crippen LogP contribution in [0.15, 0.2) is 36.5 Å². The molecule has 1 aromatic carbocycles. The van der Waals surface area contributed by atoms with Crippen LogP contribution in [0.1, 0.15) is 38.7 Å². The average Bonchev–Trinajstić information content (AvgIpc) is 3.41. The summed E-state index contributed by atoms with van der Waals surface area (Å²) in [7, 11) is 4.23. The van der Waals surface area contributed by atoms with Gasteiger partial charge in [0.2, 0.25) is 11.9 Å². The van der Waals surface area contributed by atoms with Gasteiger partial charge in [0.15, 0.2) is 5.82 Å². The number of carbonyl (C=O) groups excluding carboxylic acids is 1. The van der Waals surface area contributed by atoms with Crippen LogP contribution in [0.4, 0.5) is 23.1 Å². The number of likely N-dealkylation sites (N-methyl/N-ethyl adjacent to an activating group) is 1. The number of hydrogen-bond acceptors (Lipinski definition) is 7. The van der Waals surface area contributed by atoms with Gasteiger partial charge in [0.05, 0.1) is 12.1 Å². The van der Waals surface area contributed by atoms with Crippen molar-refractivity contribution >= 4 is 40.6 Å². The van der Waals surface area contributed by atoms with Crippen LogP contribution in [0.5, 0.6) is 0 Å². The zero-order valence-corrected chi connectivity index (χ0v) is 22.9. The lowest BCUT2D eigenvalue weighted by molar-refractivity contribution is -0.122. The molecule has 2 bridgehead atoms. The molecule has 2 aliphatic carbocycles. The van der Waals surface area contributed by atoms with Gasteiger partial charge in [0, 0.05) is 37.1 Å².